The maximum Gasteiger partial charge on any atom is 0.243 e. The smallest absolute Gasteiger partial charge is 0.243 e. The summed E-state index contributed by atoms with van der Waals surface area (Å²) in [5.41, 5.74) is 10.6. The lowest BCUT2D eigenvalue weighted by molar-refractivity contribution is 0.178. The molecule has 1 fully saturated rings. The number of sulfonamides is 1. The minimum atomic E-state index is -3.49. The summed E-state index contributed by atoms with van der Waals surface area (Å²) in [4.78, 5) is 11.0. The van der Waals surface area contributed by atoms with Gasteiger partial charge in [0.1, 0.15) is 12.0 Å². The van der Waals surface area contributed by atoms with Crippen molar-refractivity contribution in [2.24, 2.45) is 0 Å². The maximum atomic E-state index is 12.6. The van der Waals surface area contributed by atoms with Crippen LogP contribution in [0.4, 0.5) is 23.0 Å². The molecule has 2 heterocycles. The number of nitrogens with two attached hydrogens (primary N) is 1. The molecular formula is C19H30N8O2S. The van der Waals surface area contributed by atoms with E-state index in [1.54, 1.807) is 24.3 Å². The third-order valence-electron chi connectivity index (χ3n) is 5.11. The monoisotopic (exact) mass is 434 g/mol. The Morgan fingerprint density at radius 1 is 1.03 bits per heavy atom. The van der Waals surface area contributed by atoms with Crippen LogP contribution in [0.3, 0.4) is 0 Å². The minimum Gasteiger partial charge on any atom is -0.393 e. The van der Waals surface area contributed by atoms with Crippen molar-refractivity contribution in [3.05, 3.63) is 30.6 Å². The Kier molecular flexibility index (Phi) is 7.08. The molecule has 4 N–H and O–H groups in total. The van der Waals surface area contributed by atoms with Crippen LogP contribution in [0, 0.1) is 0 Å². The normalized spacial score (nSPS) is 16.0. The molecule has 10 nitrogen and oxygen atoms in total. The number of anilines is 4. The van der Waals surface area contributed by atoms with Gasteiger partial charge >= 0.3 is 0 Å². The summed E-state index contributed by atoms with van der Waals surface area (Å²) in [6.45, 7) is 8.16. The molecule has 1 saturated heterocycles. The summed E-state index contributed by atoms with van der Waals surface area (Å²) < 4.78 is 26.7. The zero-order valence-electron chi connectivity index (χ0n) is 17.7. The van der Waals surface area contributed by atoms with E-state index in [4.69, 9.17) is 5.73 Å². The summed E-state index contributed by atoms with van der Waals surface area (Å²) >= 11 is 0. The molecule has 2 aromatic rings. The van der Waals surface area contributed by atoms with Gasteiger partial charge in [0.2, 0.25) is 10.0 Å². The van der Waals surface area contributed by atoms with Crippen LogP contribution in [-0.4, -0.2) is 78.9 Å². The number of nitrogen functional groups attached to an aromatic ring is 1. The number of hydrazine groups is 1. The predicted octanol–water partition coefficient (Wildman–Crippen LogP) is 1.41. The first-order valence-electron chi connectivity index (χ1n) is 10.0. The second-order valence-corrected chi connectivity index (χ2v) is 9.06. The van der Waals surface area contributed by atoms with Gasteiger partial charge in [0.25, 0.3) is 0 Å². The molecule has 0 radical (unpaired) electrons. The van der Waals surface area contributed by atoms with Gasteiger partial charge in [-0.15, -0.1) is 0 Å². The highest BCUT2D eigenvalue weighted by molar-refractivity contribution is 7.89. The second kappa shape index (κ2) is 9.56. The molecule has 0 bridgehead atoms. The average Bonchev–Trinajstić information content (AvgIpc) is 2.73. The van der Waals surface area contributed by atoms with Crippen molar-refractivity contribution >= 4 is 33.0 Å². The molecule has 11 heteroatoms. The van der Waals surface area contributed by atoms with Crippen molar-refractivity contribution in [3.63, 3.8) is 0 Å². The first-order chi connectivity index (χ1) is 14.3. The summed E-state index contributed by atoms with van der Waals surface area (Å²) in [7, 11) is -1.40. The van der Waals surface area contributed by atoms with Crippen LogP contribution in [0.25, 0.3) is 0 Å². The lowest BCUT2D eigenvalue weighted by Gasteiger charge is -2.32. The molecule has 30 heavy (non-hydrogen) atoms. The molecular weight excluding hydrogens is 404 g/mol. The fraction of sp³-hybridized carbons (Fsp3) is 0.474. The van der Waals surface area contributed by atoms with Crippen LogP contribution in [0.15, 0.2) is 35.5 Å². The number of likely N-dealkylation sites (N-methyl/N-ethyl adjacent to an activating group) is 1. The van der Waals surface area contributed by atoms with Crippen molar-refractivity contribution in [2.75, 3.05) is 62.8 Å². The van der Waals surface area contributed by atoms with Crippen LogP contribution < -0.4 is 16.5 Å². The SMILES string of the molecule is CCN(CC)S(=O)(=O)c1ccc(Nc2ncnc(NN3CCN(C)CC3)c2N)cc1. The molecule has 0 saturated carbocycles. The summed E-state index contributed by atoms with van der Waals surface area (Å²) in [5, 5.41) is 5.22. The van der Waals surface area contributed by atoms with Crippen molar-refractivity contribution in [3.8, 4) is 0 Å². The van der Waals surface area contributed by atoms with Gasteiger partial charge in [-0.1, -0.05) is 13.8 Å². The van der Waals surface area contributed by atoms with Gasteiger partial charge < -0.3 is 21.4 Å². The van der Waals surface area contributed by atoms with Gasteiger partial charge in [0, 0.05) is 45.0 Å². The van der Waals surface area contributed by atoms with E-state index in [9.17, 15) is 8.42 Å². The average molecular weight is 435 g/mol. The number of aromatic nitrogens is 2. The lowest BCUT2D eigenvalue weighted by atomic mass is 10.3. The molecule has 0 atom stereocenters. The molecule has 1 aromatic carbocycles. The molecule has 0 aliphatic carbocycles. The van der Waals surface area contributed by atoms with Gasteiger partial charge in [0.05, 0.1) is 4.90 Å². The highest BCUT2D eigenvalue weighted by Gasteiger charge is 2.21. The van der Waals surface area contributed by atoms with E-state index in [1.807, 2.05) is 13.8 Å². The molecule has 0 spiro atoms. The van der Waals surface area contributed by atoms with E-state index >= 15 is 0 Å². The Labute approximate surface area is 178 Å². The Bertz CT molecular complexity index is 940. The Morgan fingerprint density at radius 3 is 2.23 bits per heavy atom. The van der Waals surface area contributed by atoms with E-state index in [-0.39, 0.29) is 4.90 Å². The first kappa shape index (κ1) is 22.2. The summed E-state index contributed by atoms with van der Waals surface area (Å²) in [6.07, 6.45) is 1.44. The van der Waals surface area contributed by atoms with Crippen molar-refractivity contribution in [1.29, 1.82) is 0 Å². The van der Waals surface area contributed by atoms with Crippen molar-refractivity contribution < 1.29 is 8.42 Å². The van der Waals surface area contributed by atoms with E-state index in [1.165, 1.54) is 10.6 Å². The van der Waals surface area contributed by atoms with Gasteiger partial charge in [0.15, 0.2) is 11.6 Å². The number of hydrogen-bond acceptors (Lipinski definition) is 9. The number of nitrogens with one attached hydrogen (secondary N) is 2. The van der Waals surface area contributed by atoms with Gasteiger partial charge in [-0.2, -0.15) is 4.31 Å². The third kappa shape index (κ3) is 4.98. The Balaban J connectivity index is 1.72. The zero-order chi connectivity index (χ0) is 21.7. The van der Waals surface area contributed by atoms with Crippen molar-refractivity contribution in [2.45, 2.75) is 18.7 Å². The van der Waals surface area contributed by atoms with E-state index in [2.05, 4.69) is 37.7 Å². The topological polar surface area (TPSA) is 120 Å². The van der Waals surface area contributed by atoms with Crippen LogP contribution >= 0.6 is 0 Å². The molecule has 1 aromatic heterocycles. The predicted molar refractivity (Wildman–Crippen MR) is 119 cm³/mol. The van der Waals surface area contributed by atoms with Crippen LogP contribution in [0.2, 0.25) is 0 Å². The lowest BCUT2D eigenvalue weighted by Crippen LogP contribution is -2.47. The van der Waals surface area contributed by atoms with Crippen LogP contribution in [-0.2, 0) is 10.0 Å². The number of nitrogens with zero attached hydrogens (tertiary/aromatic N) is 5. The Morgan fingerprint density at radius 2 is 1.63 bits per heavy atom. The zero-order valence-corrected chi connectivity index (χ0v) is 18.5. The third-order valence-corrected chi connectivity index (χ3v) is 7.18. The highest BCUT2D eigenvalue weighted by Crippen LogP contribution is 2.27. The summed E-state index contributed by atoms with van der Waals surface area (Å²) in [6, 6.07) is 6.56. The van der Waals surface area contributed by atoms with Gasteiger partial charge in [-0.3, -0.25) is 0 Å². The fourth-order valence-electron chi connectivity index (χ4n) is 3.21. The largest absolute Gasteiger partial charge is 0.393 e. The van der Waals surface area contributed by atoms with E-state index in [0.717, 1.165) is 26.2 Å². The first-order valence-corrected chi connectivity index (χ1v) is 11.5. The Hall–Kier alpha value is -2.47. The second-order valence-electron chi connectivity index (χ2n) is 7.13. The number of piperazine rings is 1. The van der Waals surface area contributed by atoms with Crippen LogP contribution in [0.1, 0.15) is 13.8 Å². The molecule has 0 unspecified atom stereocenters. The summed E-state index contributed by atoms with van der Waals surface area (Å²) in [5.74, 6) is 0.999. The fourth-order valence-corrected chi connectivity index (χ4v) is 4.67. The van der Waals surface area contributed by atoms with E-state index in [0.29, 0.717) is 36.1 Å². The number of rotatable bonds is 8. The molecule has 1 aliphatic rings. The van der Waals surface area contributed by atoms with Gasteiger partial charge in [-0.05, 0) is 31.3 Å². The maximum absolute atomic E-state index is 12.6. The quantitative estimate of drug-likeness (QED) is 0.566. The highest BCUT2D eigenvalue weighted by atomic mass is 32.2. The number of hydrogen-bond donors (Lipinski definition) is 3. The van der Waals surface area contributed by atoms with Crippen LogP contribution in [0.5, 0.6) is 0 Å². The van der Waals surface area contributed by atoms with Gasteiger partial charge in [-0.25, -0.2) is 23.4 Å². The van der Waals surface area contributed by atoms with Crippen molar-refractivity contribution in [1.82, 2.24) is 24.2 Å². The molecule has 3 rings (SSSR count). The minimum absolute atomic E-state index is 0.254. The number of benzene rings is 1. The molecule has 164 valence electrons. The van der Waals surface area contributed by atoms with E-state index < -0.39 is 10.0 Å². The molecule has 1 aliphatic heterocycles. The standard InChI is InChI=1S/C19H30N8O2S/c1-4-27(5-2)30(28,29)16-8-6-15(7-9-16)23-18-17(20)19(22-14-21-18)24-26-12-10-25(3)11-13-26/h6-9,14H,4-5,10-13,20H2,1-3H3,(H2,21,22,23,24). The molecule has 0 amide bonds.